The zero-order valence-corrected chi connectivity index (χ0v) is 16.6. The maximum atomic E-state index is 3.74. The van der Waals surface area contributed by atoms with Crippen LogP contribution in [-0.2, 0) is 0 Å². The van der Waals surface area contributed by atoms with Gasteiger partial charge in [0, 0.05) is 24.7 Å². The number of likely N-dealkylation sites (N-methyl/N-ethyl adjacent to an activating group) is 1. The molecule has 0 rings (SSSR count). The van der Waals surface area contributed by atoms with Gasteiger partial charge in [-0.3, -0.25) is 4.90 Å². The van der Waals surface area contributed by atoms with E-state index in [0.29, 0.717) is 18.1 Å². The van der Waals surface area contributed by atoms with Crippen molar-refractivity contribution in [1.82, 2.24) is 10.2 Å². The van der Waals surface area contributed by atoms with Gasteiger partial charge in [0.05, 0.1) is 0 Å². The summed E-state index contributed by atoms with van der Waals surface area (Å²) >= 11 is 0. The zero-order valence-electron chi connectivity index (χ0n) is 16.6. The third kappa shape index (κ3) is 10.6. The van der Waals surface area contributed by atoms with Gasteiger partial charge in [-0.2, -0.15) is 0 Å². The van der Waals surface area contributed by atoms with Gasteiger partial charge in [-0.25, -0.2) is 0 Å². The SMILES string of the molecule is CCCCCC(C)CCC(C)NCC(C)N(C)C(C)CCC. The summed E-state index contributed by atoms with van der Waals surface area (Å²) < 4.78 is 0. The Morgan fingerprint density at radius 2 is 1.45 bits per heavy atom. The van der Waals surface area contributed by atoms with Crippen LogP contribution in [0.15, 0.2) is 0 Å². The summed E-state index contributed by atoms with van der Waals surface area (Å²) in [5.41, 5.74) is 0. The van der Waals surface area contributed by atoms with Crippen LogP contribution < -0.4 is 5.32 Å². The maximum Gasteiger partial charge on any atom is 0.0192 e. The second-order valence-corrected chi connectivity index (χ2v) is 7.64. The molecule has 0 bridgehead atoms. The Hall–Kier alpha value is -0.0800. The Morgan fingerprint density at radius 3 is 2.05 bits per heavy atom. The summed E-state index contributed by atoms with van der Waals surface area (Å²) in [5.74, 6) is 0.889. The first kappa shape index (κ1) is 21.9. The molecule has 0 fully saturated rings. The number of nitrogens with one attached hydrogen (secondary N) is 1. The van der Waals surface area contributed by atoms with Crippen LogP contribution in [0.1, 0.15) is 92.9 Å². The first-order valence-corrected chi connectivity index (χ1v) is 9.87. The van der Waals surface area contributed by atoms with Crippen molar-refractivity contribution in [2.24, 2.45) is 5.92 Å². The Bertz CT molecular complexity index is 242. The zero-order chi connectivity index (χ0) is 17.0. The highest BCUT2D eigenvalue weighted by Crippen LogP contribution is 2.16. The molecule has 0 aliphatic heterocycles. The summed E-state index contributed by atoms with van der Waals surface area (Å²) in [6, 6.07) is 1.95. The molecule has 4 unspecified atom stereocenters. The van der Waals surface area contributed by atoms with Gasteiger partial charge in [-0.05, 0) is 53.0 Å². The van der Waals surface area contributed by atoms with Gasteiger partial charge in [0.2, 0.25) is 0 Å². The second-order valence-electron chi connectivity index (χ2n) is 7.64. The monoisotopic (exact) mass is 312 g/mol. The van der Waals surface area contributed by atoms with Crippen LogP contribution in [0.3, 0.4) is 0 Å². The molecule has 0 aromatic rings. The molecule has 0 radical (unpaired) electrons. The summed E-state index contributed by atoms with van der Waals surface area (Å²) in [5, 5.41) is 3.74. The van der Waals surface area contributed by atoms with Crippen molar-refractivity contribution in [3.05, 3.63) is 0 Å². The Balaban J connectivity index is 3.81. The van der Waals surface area contributed by atoms with Crippen LogP contribution in [0.2, 0.25) is 0 Å². The van der Waals surface area contributed by atoms with E-state index >= 15 is 0 Å². The van der Waals surface area contributed by atoms with E-state index in [1.165, 1.54) is 51.4 Å². The summed E-state index contributed by atoms with van der Waals surface area (Å²) in [4.78, 5) is 2.52. The first-order valence-electron chi connectivity index (χ1n) is 9.87. The molecule has 0 aromatic carbocycles. The standard InChI is InChI=1S/C20H44N2/c1-8-10-11-13-17(3)14-15-18(4)21-16-20(6)22(7)19(5)12-9-2/h17-21H,8-16H2,1-7H3. The highest BCUT2D eigenvalue weighted by Gasteiger charge is 2.15. The molecule has 2 heteroatoms. The van der Waals surface area contributed by atoms with E-state index in [1.807, 2.05) is 0 Å². The van der Waals surface area contributed by atoms with E-state index in [4.69, 9.17) is 0 Å². The maximum absolute atomic E-state index is 3.74. The summed E-state index contributed by atoms with van der Waals surface area (Å²) in [7, 11) is 2.27. The van der Waals surface area contributed by atoms with Gasteiger partial charge < -0.3 is 5.32 Å². The molecule has 2 nitrogen and oxygen atoms in total. The smallest absolute Gasteiger partial charge is 0.0192 e. The van der Waals surface area contributed by atoms with Gasteiger partial charge in [0.1, 0.15) is 0 Å². The molecule has 0 aromatic heterocycles. The van der Waals surface area contributed by atoms with Crippen molar-refractivity contribution in [3.8, 4) is 0 Å². The number of hydrogen-bond acceptors (Lipinski definition) is 2. The molecule has 4 atom stereocenters. The van der Waals surface area contributed by atoms with E-state index in [0.717, 1.165) is 12.5 Å². The molecule has 0 amide bonds. The number of nitrogens with zero attached hydrogens (tertiary/aromatic N) is 1. The first-order chi connectivity index (χ1) is 10.4. The van der Waals surface area contributed by atoms with Gasteiger partial charge in [0.15, 0.2) is 0 Å². The normalized spacial score (nSPS) is 17.5. The minimum atomic E-state index is 0.617. The van der Waals surface area contributed by atoms with Crippen LogP contribution in [0.4, 0.5) is 0 Å². The molecule has 0 saturated carbocycles. The van der Waals surface area contributed by atoms with Crippen LogP contribution in [-0.4, -0.2) is 36.6 Å². The van der Waals surface area contributed by atoms with Gasteiger partial charge in [-0.15, -0.1) is 0 Å². The van der Waals surface area contributed by atoms with Crippen molar-refractivity contribution in [1.29, 1.82) is 0 Å². The molecule has 0 aliphatic carbocycles. The van der Waals surface area contributed by atoms with Crippen LogP contribution in [0.25, 0.3) is 0 Å². The molecule has 0 heterocycles. The fraction of sp³-hybridized carbons (Fsp3) is 1.00. The molecular formula is C20H44N2. The van der Waals surface area contributed by atoms with Crippen LogP contribution in [0.5, 0.6) is 0 Å². The highest BCUT2D eigenvalue weighted by molar-refractivity contribution is 4.74. The van der Waals surface area contributed by atoms with E-state index < -0.39 is 0 Å². The topological polar surface area (TPSA) is 15.3 Å². The Kier molecular flexibility index (Phi) is 13.3. The van der Waals surface area contributed by atoms with E-state index in [-0.39, 0.29) is 0 Å². The lowest BCUT2D eigenvalue weighted by Crippen LogP contribution is -2.44. The quantitative estimate of drug-likeness (QED) is 0.428. The van der Waals surface area contributed by atoms with Crippen molar-refractivity contribution >= 4 is 0 Å². The third-order valence-corrected chi connectivity index (χ3v) is 5.25. The lowest BCUT2D eigenvalue weighted by molar-refractivity contribution is 0.179. The average Bonchev–Trinajstić information content (AvgIpc) is 2.50. The highest BCUT2D eigenvalue weighted by atomic mass is 15.2. The van der Waals surface area contributed by atoms with Crippen molar-refractivity contribution in [2.45, 2.75) is 111 Å². The van der Waals surface area contributed by atoms with E-state index in [9.17, 15) is 0 Å². The average molecular weight is 313 g/mol. The Labute approximate surface area is 141 Å². The van der Waals surface area contributed by atoms with Crippen molar-refractivity contribution < 1.29 is 0 Å². The third-order valence-electron chi connectivity index (χ3n) is 5.25. The fourth-order valence-corrected chi connectivity index (χ4v) is 3.10. The van der Waals surface area contributed by atoms with Gasteiger partial charge in [-0.1, -0.05) is 52.9 Å². The molecule has 134 valence electrons. The number of rotatable bonds is 14. The van der Waals surface area contributed by atoms with Crippen LogP contribution >= 0.6 is 0 Å². The Morgan fingerprint density at radius 1 is 0.773 bits per heavy atom. The minimum Gasteiger partial charge on any atom is -0.313 e. The summed E-state index contributed by atoms with van der Waals surface area (Å²) in [6.07, 6.45) is 10.8. The molecular weight excluding hydrogens is 268 g/mol. The van der Waals surface area contributed by atoms with Gasteiger partial charge >= 0.3 is 0 Å². The minimum absolute atomic E-state index is 0.617. The largest absolute Gasteiger partial charge is 0.313 e. The molecule has 0 saturated heterocycles. The fourth-order valence-electron chi connectivity index (χ4n) is 3.10. The molecule has 0 spiro atoms. The lowest BCUT2D eigenvalue weighted by atomic mass is 9.96. The van der Waals surface area contributed by atoms with Crippen molar-refractivity contribution in [2.75, 3.05) is 13.6 Å². The number of unbranched alkanes of at least 4 members (excludes halogenated alkanes) is 2. The summed E-state index contributed by atoms with van der Waals surface area (Å²) in [6.45, 7) is 15.1. The lowest BCUT2D eigenvalue weighted by Gasteiger charge is -2.32. The molecule has 22 heavy (non-hydrogen) atoms. The predicted octanol–water partition coefficient (Wildman–Crippen LogP) is 5.47. The second kappa shape index (κ2) is 13.4. The van der Waals surface area contributed by atoms with Crippen LogP contribution in [0, 0.1) is 5.92 Å². The molecule has 0 aliphatic rings. The van der Waals surface area contributed by atoms with E-state index in [1.54, 1.807) is 0 Å². The van der Waals surface area contributed by atoms with Crippen molar-refractivity contribution in [3.63, 3.8) is 0 Å². The molecule has 1 N–H and O–H groups in total. The number of hydrogen-bond donors (Lipinski definition) is 1. The predicted molar refractivity (Wildman–Crippen MR) is 102 cm³/mol. The van der Waals surface area contributed by atoms with E-state index in [2.05, 4.69) is 58.8 Å². The van der Waals surface area contributed by atoms with Gasteiger partial charge in [0.25, 0.3) is 0 Å².